The van der Waals surface area contributed by atoms with Crippen LogP contribution >= 0.6 is 11.3 Å². The van der Waals surface area contributed by atoms with Crippen molar-refractivity contribution in [3.63, 3.8) is 0 Å². The first-order valence-corrected chi connectivity index (χ1v) is 7.00. The van der Waals surface area contributed by atoms with Crippen LogP contribution in [0.2, 0.25) is 0 Å². The molecule has 1 fully saturated rings. The smallest absolute Gasteiger partial charge is 0.251 e. The van der Waals surface area contributed by atoms with Crippen LogP contribution in [0, 0.1) is 22.7 Å². The fourth-order valence-corrected chi connectivity index (χ4v) is 4.35. The van der Waals surface area contributed by atoms with E-state index in [1.54, 1.807) is 0 Å². The van der Waals surface area contributed by atoms with E-state index in [0.29, 0.717) is 16.5 Å². The number of nitrogen functional groups attached to an aromatic ring is 1. The number of nitrogens with zero attached hydrogens (tertiary/aromatic N) is 1. The average Bonchev–Trinajstić information content (AvgIpc) is 3.11. The molecule has 0 bridgehead atoms. The summed E-state index contributed by atoms with van der Waals surface area (Å²) >= 11 is 1.43. The predicted molar refractivity (Wildman–Crippen MR) is 70.0 cm³/mol. The monoisotopic (exact) mass is 261 g/mol. The lowest BCUT2D eigenvalue weighted by Crippen LogP contribution is -2.29. The first-order valence-electron chi connectivity index (χ1n) is 6.18. The Bertz CT molecular complexity index is 568. The second kappa shape index (κ2) is 3.72. The number of hydrogen-bond donors (Lipinski definition) is 2. The molecule has 5 heteroatoms. The number of fused-ring (bicyclic) bond motifs is 1. The fourth-order valence-electron chi connectivity index (χ4n) is 3.10. The second-order valence-corrected chi connectivity index (χ2v) is 6.46. The van der Waals surface area contributed by atoms with Gasteiger partial charge in [-0.05, 0) is 37.2 Å². The van der Waals surface area contributed by atoms with Gasteiger partial charge in [-0.25, -0.2) is 0 Å². The molecule has 0 radical (unpaired) electrons. The number of carbonyl (C=O) groups is 1. The minimum atomic E-state index is -0.444. The first kappa shape index (κ1) is 11.5. The zero-order valence-electron chi connectivity index (χ0n) is 10.0. The Kier molecular flexibility index (Phi) is 2.39. The summed E-state index contributed by atoms with van der Waals surface area (Å²) in [5.74, 6) is 0.0943. The molecule has 2 aliphatic carbocycles. The number of primary amides is 1. The molecule has 0 saturated heterocycles. The molecule has 3 rings (SSSR count). The molecule has 94 valence electrons. The average molecular weight is 261 g/mol. The van der Waals surface area contributed by atoms with Gasteiger partial charge in [0, 0.05) is 11.3 Å². The maximum atomic E-state index is 11.4. The van der Waals surface area contributed by atoms with Gasteiger partial charge in [-0.2, -0.15) is 5.26 Å². The Hall–Kier alpha value is -1.54. The van der Waals surface area contributed by atoms with Gasteiger partial charge in [0.25, 0.3) is 5.91 Å². The summed E-state index contributed by atoms with van der Waals surface area (Å²) in [4.78, 5) is 12.5. The van der Waals surface area contributed by atoms with Crippen LogP contribution in [0.25, 0.3) is 0 Å². The molecule has 1 atom stereocenters. The molecule has 0 spiro atoms. The van der Waals surface area contributed by atoms with Crippen LogP contribution in [0.1, 0.15) is 40.1 Å². The standard InChI is InChI=1S/C13H15N3OS/c14-6-13(7-1-2-7)4-3-8-9(5-13)18-12(16)10(8)11(15)17/h7H,1-5,16H2,(H2,15,17). The highest BCUT2D eigenvalue weighted by atomic mass is 32.1. The minimum Gasteiger partial charge on any atom is -0.390 e. The highest BCUT2D eigenvalue weighted by Gasteiger charge is 2.48. The Labute approximate surface area is 110 Å². The van der Waals surface area contributed by atoms with E-state index in [0.717, 1.165) is 42.5 Å². The summed E-state index contributed by atoms with van der Waals surface area (Å²) in [6, 6.07) is 2.53. The Morgan fingerprint density at radius 2 is 2.22 bits per heavy atom. The highest BCUT2D eigenvalue weighted by molar-refractivity contribution is 7.16. The number of thiophene rings is 1. The van der Waals surface area contributed by atoms with Gasteiger partial charge in [0.15, 0.2) is 0 Å². The number of amides is 1. The summed E-state index contributed by atoms with van der Waals surface area (Å²) in [7, 11) is 0. The quantitative estimate of drug-likeness (QED) is 0.850. The zero-order chi connectivity index (χ0) is 12.9. The van der Waals surface area contributed by atoms with E-state index in [9.17, 15) is 10.1 Å². The van der Waals surface area contributed by atoms with Crippen molar-refractivity contribution in [1.82, 2.24) is 0 Å². The molecule has 1 unspecified atom stereocenters. The van der Waals surface area contributed by atoms with Crippen LogP contribution in [0.3, 0.4) is 0 Å². The molecule has 1 saturated carbocycles. The number of nitrogens with two attached hydrogens (primary N) is 2. The van der Waals surface area contributed by atoms with Crippen molar-refractivity contribution >= 4 is 22.2 Å². The topological polar surface area (TPSA) is 92.9 Å². The van der Waals surface area contributed by atoms with Crippen molar-refractivity contribution in [3.05, 3.63) is 16.0 Å². The van der Waals surface area contributed by atoms with E-state index in [-0.39, 0.29) is 5.41 Å². The summed E-state index contributed by atoms with van der Waals surface area (Å²) in [6.07, 6.45) is 4.65. The number of nitriles is 1. The largest absolute Gasteiger partial charge is 0.390 e. The number of rotatable bonds is 2. The van der Waals surface area contributed by atoms with E-state index >= 15 is 0 Å². The van der Waals surface area contributed by atoms with Crippen LogP contribution in [0.4, 0.5) is 5.00 Å². The number of hydrogen-bond acceptors (Lipinski definition) is 4. The molecule has 1 aromatic heterocycles. The van der Waals surface area contributed by atoms with Gasteiger partial charge in [0.05, 0.1) is 22.0 Å². The van der Waals surface area contributed by atoms with Crippen LogP contribution in [-0.2, 0) is 12.8 Å². The number of carbonyl (C=O) groups excluding carboxylic acids is 1. The summed E-state index contributed by atoms with van der Waals surface area (Å²) in [6.45, 7) is 0. The molecular formula is C13H15N3OS. The van der Waals surface area contributed by atoms with E-state index in [4.69, 9.17) is 11.5 Å². The van der Waals surface area contributed by atoms with Crippen LogP contribution in [0.5, 0.6) is 0 Å². The molecule has 2 aliphatic rings. The summed E-state index contributed by atoms with van der Waals surface area (Å²) in [5.41, 5.74) is 12.5. The van der Waals surface area contributed by atoms with Gasteiger partial charge in [-0.1, -0.05) is 0 Å². The van der Waals surface area contributed by atoms with Crippen molar-refractivity contribution in [2.24, 2.45) is 17.1 Å². The minimum absolute atomic E-state index is 0.223. The third-order valence-corrected chi connectivity index (χ3v) is 5.30. The SMILES string of the molecule is N#CC1(C2CC2)CCc2c(sc(N)c2C(N)=O)C1. The molecule has 4 nitrogen and oxygen atoms in total. The Balaban J connectivity index is 2.02. The van der Waals surface area contributed by atoms with Crippen LogP contribution < -0.4 is 11.5 Å². The maximum Gasteiger partial charge on any atom is 0.251 e. The maximum absolute atomic E-state index is 11.4. The lowest BCUT2D eigenvalue weighted by atomic mass is 9.71. The van der Waals surface area contributed by atoms with Crippen LogP contribution in [0.15, 0.2) is 0 Å². The zero-order valence-corrected chi connectivity index (χ0v) is 10.8. The van der Waals surface area contributed by atoms with Gasteiger partial charge in [-0.15, -0.1) is 11.3 Å². The fraction of sp³-hybridized carbons (Fsp3) is 0.538. The molecule has 1 aromatic rings. The molecular weight excluding hydrogens is 246 g/mol. The van der Waals surface area contributed by atoms with Gasteiger partial charge < -0.3 is 11.5 Å². The van der Waals surface area contributed by atoms with Crippen molar-refractivity contribution < 1.29 is 4.79 Å². The lowest BCUT2D eigenvalue weighted by molar-refractivity contribution is 0.1000. The van der Waals surface area contributed by atoms with Crippen LogP contribution in [-0.4, -0.2) is 5.91 Å². The summed E-state index contributed by atoms with van der Waals surface area (Å²) in [5, 5.41) is 10.0. The highest BCUT2D eigenvalue weighted by Crippen LogP contribution is 2.54. The van der Waals surface area contributed by atoms with Gasteiger partial charge in [0.2, 0.25) is 0 Å². The van der Waals surface area contributed by atoms with E-state index < -0.39 is 5.91 Å². The molecule has 0 aromatic carbocycles. The Morgan fingerprint density at radius 3 is 2.78 bits per heavy atom. The van der Waals surface area contributed by atoms with Crippen molar-refractivity contribution in [2.45, 2.75) is 32.1 Å². The third kappa shape index (κ3) is 1.52. The van der Waals surface area contributed by atoms with E-state index in [1.165, 1.54) is 11.3 Å². The van der Waals surface area contributed by atoms with E-state index in [2.05, 4.69) is 6.07 Å². The molecule has 4 N–H and O–H groups in total. The predicted octanol–water partition coefficient (Wildman–Crippen LogP) is 1.84. The third-order valence-electron chi connectivity index (χ3n) is 4.24. The molecule has 1 amide bonds. The number of anilines is 1. The van der Waals surface area contributed by atoms with Gasteiger partial charge in [0.1, 0.15) is 0 Å². The van der Waals surface area contributed by atoms with Gasteiger partial charge in [-0.3, -0.25) is 4.79 Å². The second-order valence-electron chi connectivity index (χ2n) is 5.33. The van der Waals surface area contributed by atoms with E-state index in [1.807, 2.05) is 0 Å². The van der Waals surface area contributed by atoms with Crippen molar-refractivity contribution in [3.8, 4) is 6.07 Å². The summed E-state index contributed by atoms with van der Waals surface area (Å²) < 4.78 is 0. The molecule has 18 heavy (non-hydrogen) atoms. The Morgan fingerprint density at radius 1 is 1.50 bits per heavy atom. The first-order chi connectivity index (χ1) is 8.57. The lowest BCUT2D eigenvalue weighted by Gasteiger charge is -2.30. The van der Waals surface area contributed by atoms with Crippen molar-refractivity contribution in [1.29, 1.82) is 5.26 Å². The van der Waals surface area contributed by atoms with Crippen molar-refractivity contribution in [2.75, 3.05) is 5.73 Å². The molecule has 1 heterocycles. The normalized spacial score (nSPS) is 26.4. The molecule has 0 aliphatic heterocycles. The van der Waals surface area contributed by atoms with Gasteiger partial charge >= 0.3 is 0 Å².